The summed E-state index contributed by atoms with van der Waals surface area (Å²) in [6.45, 7) is 2.47. The van der Waals surface area contributed by atoms with Gasteiger partial charge in [0.1, 0.15) is 5.75 Å². The van der Waals surface area contributed by atoms with Crippen molar-refractivity contribution in [2.75, 3.05) is 46.2 Å². The summed E-state index contributed by atoms with van der Waals surface area (Å²) in [4.78, 5) is 14.6. The van der Waals surface area contributed by atoms with Gasteiger partial charge < -0.3 is 19.7 Å². The van der Waals surface area contributed by atoms with E-state index in [2.05, 4.69) is 0 Å². The van der Waals surface area contributed by atoms with Gasteiger partial charge in [-0.3, -0.25) is 9.69 Å². The second-order valence-corrected chi connectivity index (χ2v) is 6.00. The van der Waals surface area contributed by atoms with Crippen molar-refractivity contribution in [3.8, 4) is 5.75 Å². The van der Waals surface area contributed by atoms with Crippen molar-refractivity contribution >= 4 is 5.78 Å². The number of rotatable bonds is 13. The van der Waals surface area contributed by atoms with Crippen LogP contribution in [0.3, 0.4) is 0 Å². The smallest absolute Gasteiger partial charge is 0.196 e. The molecule has 0 atom stereocenters. The van der Waals surface area contributed by atoms with Gasteiger partial charge in [-0.05, 0) is 18.6 Å². The van der Waals surface area contributed by atoms with Crippen molar-refractivity contribution in [1.29, 1.82) is 0 Å². The first kappa shape index (κ1) is 21.1. The summed E-state index contributed by atoms with van der Waals surface area (Å²) in [7, 11) is 0. The van der Waals surface area contributed by atoms with E-state index in [0.29, 0.717) is 36.6 Å². The normalized spacial score (nSPS) is 10.9. The largest absolute Gasteiger partial charge is 0.467 e. The van der Waals surface area contributed by atoms with E-state index in [9.17, 15) is 4.79 Å². The molecule has 2 rings (SSSR count). The standard InChI is InChI=1S/C21H27NO5/c23-14-12-22(13-15-24)11-6-16-26-17-27-20-10-5-4-9-19(20)21(25)18-7-2-1-3-8-18/h1-5,7-10,23-24H,6,11-17H2. The summed E-state index contributed by atoms with van der Waals surface area (Å²) in [6.07, 6.45) is 0.758. The number of para-hydroxylation sites is 1. The average molecular weight is 373 g/mol. The molecular weight excluding hydrogens is 346 g/mol. The van der Waals surface area contributed by atoms with Crippen LogP contribution in [0.2, 0.25) is 0 Å². The van der Waals surface area contributed by atoms with Gasteiger partial charge in [-0.25, -0.2) is 0 Å². The fourth-order valence-corrected chi connectivity index (χ4v) is 2.70. The number of ether oxygens (including phenoxy) is 2. The van der Waals surface area contributed by atoms with Crippen molar-refractivity contribution in [2.45, 2.75) is 6.42 Å². The van der Waals surface area contributed by atoms with Crippen LogP contribution in [0.1, 0.15) is 22.3 Å². The molecule has 2 aromatic rings. The number of benzene rings is 2. The second kappa shape index (κ2) is 12.2. The lowest BCUT2D eigenvalue weighted by Crippen LogP contribution is -2.31. The molecule has 27 heavy (non-hydrogen) atoms. The molecule has 2 N–H and O–H groups in total. The van der Waals surface area contributed by atoms with Gasteiger partial charge in [-0.2, -0.15) is 0 Å². The van der Waals surface area contributed by atoms with Crippen LogP contribution in [0, 0.1) is 0 Å². The van der Waals surface area contributed by atoms with E-state index >= 15 is 0 Å². The van der Waals surface area contributed by atoms with E-state index in [-0.39, 0.29) is 25.8 Å². The number of aliphatic hydroxyl groups excluding tert-OH is 2. The third-order valence-corrected chi connectivity index (χ3v) is 4.06. The van der Waals surface area contributed by atoms with Gasteiger partial charge in [0.05, 0.1) is 25.4 Å². The highest BCUT2D eigenvalue weighted by atomic mass is 16.7. The third-order valence-electron chi connectivity index (χ3n) is 4.06. The predicted molar refractivity (Wildman–Crippen MR) is 103 cm³/mol. The third kappa shape index (κ3) is 7.11. The van der Waals surface area contributed by atoms with E-state index in [1.54, 1.807) is 30.3 Å². The number of carbonyl (C=O) groups is 1. The Kier molecular flexibility index (Phi) is 9.51. The van der Waals surface area contributed by atoms with Crippen molar-refractivity contribution in [3.63, 3.8) is 0 Å². The maximum absolute atomic E-state index is 12.6. The molecule has 0 saturated carbocycles. The van der Waals surface area contributed by atoms with Crippen LogP contribution < -0.4 is 4.74 Å². The first-order chi connectivity index (χ1) is 13.3. The maximum Gasteiger partial charge on any atom is 0.196 e. The van der Waals surface area contributed by atoms with E-state index < -0.39 is 0 Å². The zero-order valence-electron chi connectivity index (χ0n) is 15.4. The second-order valence-electron chi connectivity index (χ2n) is 6.00. The zero-order chi connectivity index (χ0) is 19.3. The monoisotopic (exact) mass is 373 g/mol. The lowest BCUT2D eigenvalue weighted by atomic mass is 10.0. The molecule has 146 valence electrons. The van der Waals surface area contributed by atoms with Crippen LogP contribution in [0.5, 0.6) is 5.75 Å². The summed E-state index contributed by atoms with van der Waals surface area (Å²) < 4.78 is 11.1. The fraction of sp³-hybridized carbons (Fsp3) is 0.381. The zero-order valence-corrected chi connectivity index (χ0v) is 15.4. The molecule has 0 aromatic heterocycles. The van der Waals surface area contributed by atoms with Gasteiger partial charge in [0, 0.05) is 25.2 Å². The van der Waals surface area contributed by atoms with Crippen molar-refractivity contribution < 1.29 is 24.5 Å². The van der Waals surface area contributed by atoms with Crippen LogP contribution in [-0.4, -0.2) is 67.1 Å². The Balaban J connectivity index is 1.79. The Morgan fingerprint density at radius 1 is 0.889 bits per heavy atom. The lowest BCUT2D eigenvalue weighted by molar-refractivity contribution is 0.0100. The highest BCUT2D eigenvalue weighted by Crippen LogP contribution is 2.21. The number of carbonyl (C=O) groups excluding carboxylic acids is 1. The topological polar surface area (TPSA) is 79.2 Å². The van der Waals surface area contributed by atoms with E-state index in [0.717, 1.165) is 13.0 Å². The van der Waals surface area contributed by atoms with Crippen LogP contribution >= 0.6 is 0 Å². The molecule has 0 fully saturated rings. The van der Waals surface area contributed by atoms with Crippen LogP contribution in [0.15, 0.2) is 54.6 Å². The summed E-state index contributed by atoms with van der Waals surface area (Å²) in [5.74, 6) is 0.406. The molecule has 6 heteroatoms. The van der Waals surface area contributed by atoms with E-state index in [1.165, 1.54) is 0 Å². The first-order valence-corrected chi connectivity index (χ1v) is 9.09. The van der Waals surface area contributed by atoms with Gasteiger partial charge in [0.2, 0.25) is 0 Å². The Hall–Kier alpha value is -2.25. The lowest BCUT2D eigenvalue weighted by Gasteiger charge is -2.19. The Labute approximate surface area is 160 Å². The first-order valence-electron chi connectivity index (χ1n) is 9.09. The fourth-order valence-electron chi connectivity index (χ4n) is 2.70. The highest BCUT2D eigenvalue weighted by molar-refractivity contribution is 6.10. The summed E-state index contributed by atoms with van der Waals surface area (Å²) in [5.41, 5.74) is 1.12. The number of hydrogen-bond acceptors (Lipinski definition) is 6. The van der Waals surface area contributed by atoms with Crippen LogP contribution in [0.4, 0.5) is 0 Å². The molecule has 0 radical (unpaired) electrons. The van der Waals surface area contributed by atoms with Gasteiger partial charge in [-0.1, -0.05) is 42.5 Å². The molecule has 0 saturated heterocycles. The molecule has 0 heterocycles. The Morgan fingerprint density at radius 2 is 1.56 bits per heavy atom. The van der Waals surface area contributed by atoms with Gasteiger partial charge in [0.15, 0.2) is 12.6 Å². The maximum atomic E-state index is 12.6. The Bertz CT molecular complexity index is 671. The van der Waals surface area contributed by atoms with E-state index in [1.807, 2.05) is 29.2 Å². The van der Waals surface area contributed by atoms with Gasteiger partial charge >= 0.3 is 0 Å². The van der Waals surface area contributed by atoms with Crippen molar-refractivity contribution in [2.24, 2.45) is 0 Å². The number of nitrogens with zero attached hydrogens (tertiary/aromatic N) is 1. The van der Waals surface area contributed by atoms with E-state index in [4.69, 9.17) is 19.7 Å². The summed E-state index contributed by atoms with van der Waals surface area (Å²) in [6, 6.07) is 16.2. The molecule has 0 amide bonds. The molecule has 0 spiro atoms. The highest BCUT2D eigenvalue weighted by Gasteiger charge is 2.14. The quantitative estimate of drug-likeness (QED) is 0.317. The van der Waals surface area contributed by atoms with Crippen LogP contribution in [0.25, 0.3) is 0 Å². The predicted octanol–water partition coefficient (Wildman–Crippen LogP) is 1.95. The van der Waals surface area contributed by atoms with Crippen molar-refractivity contribution in [3.05, 3.63) is 65.7 Å². The van der Waals surface area contributed by atoms with Crippen molar-refractivity contribution in [1.82, 2.24) is 4.90 Å². The summed E-state index contributed by atoms with van der Waals surface area (Å²) >= 11 is 0. The molecule has 0 aliphatic heterocycles. The SMILES string of the molecule is O=C(c1ccccc1)c1ccccc1OCOCCCN(CCO)CCO. The molecule has 0 bridgehead atoms. The number of ketones is 1. The average Bonchev–Trinajstić information content (AvgIpc) is 2.71. The molecule has 0 aliphatic carbocycles. The number of hydrogen-bond donors (Lipinski definition) is 2. The minimum atomic E-state index is -0.0881. The minimum absolute atomic E-state index is 0.0546. The number of aliphatic hydroxyl groups is 2. The Morgan fingerprint density at radius 3 is 2.26 bits per heavy atom. The molecule has 0 aliphatic rings. The molecule has 6 nitrogen and oxygen atoms in total. The van der Waals surface area contributed by atoms with Gasteiger partial charge in [-0.15, -0.1) is 0 Å². The van der Waals surface area contributed by atoms with Gasteiger partial charge in [0.25, 0.3) is 0 Å². The molecule has 0 unspecified atom stereocenters. The minimum Gasteiger partial charge on any atom is -0.467 e. The molecule has 2 aromatic carbocycles. The molecular formula is C21H27NO5. The van der Waals surface area contributed by atoms with Crippen LogP contribution in [-0.2, 0) is 4.74 Å². The summed E-state index contributed by atoms with van der Waals surface area (Å²) in [5, 5.41) is 18.0.